The normalized spacial score (nSPS) is 15.6. The van der Waals surface area contributed by atoms with E-state index in [4.69, 9.17) is 0 Å². The lowest BCUT2D eigenvalue weighted by Gasteiger charge is -2.24. The van der Waals surface area contributed by atoms with Crippen LogP contribution in [-0.4, -0.2) is 0 Å². The molecule has 0 saturated heterocycles. The van der Waals surface area contributed by atoms with Crippen molar-refractivity contribution in [2.45, 2.75) is 77.0 Å². The molecule has 0 bridgehead atoms. The average Bonchev–Trinajstić information content (AvgIpc) is 4.07. The van der Waals surface area contributed by atoms with Gasteiger partial charge >= 0.3 is 0 Å². The highest BCUT2D eigenvalue weighted by Crippen LogP contribution is 2.56. The smallest absolute Gasteiger partial charge is 0.0159 e. The van der Waals surface area contributed by atoms with Crippen LogP contribution in [0.3, 0.4) is 0 Å². The predicted octanol–water partition coefficient (Wildman–Crippen LogP) is 20.9. The summed E-state index contributed by atoms with van der Waals surface area (Å²) in [6.45, 7) is 19.2. The van der Waals surface area contributed by atoms with Crippen molar-refractivity contribution in [2.75, 3.05) is 0 Å². The van der Waals surface area contributed by atoms with Crippen LogP contribution in [0.1, 0.15) is 99.9 Å². The van der Waals surface area contributed by atoms with Crippen LogP contribution in [0.4, 0.5) is 0 Å². The second-order valence-corrected chi connectivity index (χ2v) is 24.9. The second-order valence-electron chi connectivity index (χ2n) is 24.9. The summed E-state index contributed by atoms with van der Waals surface area (Å²) in [6.07, 6.45) is 0. The van der Waals surface area contributed by atoms with Crippen LogP contribution in [-0.2, 0) is 21.7 Å². The number of benzene rings is 11. The van der Waals surface area contributed by atoms with Gasteiger partial charge in [0.25, 0.3) is 0 Å². The molecule has 4 aliphatic rings. The van der Waals surface area contributed by atoms with E-state index in [2.05, 4.69) is 286 Å². The maximum Gasteiger partial charge on any atom is 0.0159 e. The van der Waals surface area contributed by atoms with Gasteiger partial charge in [0.2, 0.25) is 0 Å². The van der Waals surface area contributed by atoms with Gasteiger partial charge < -0.3 is 0 Å². The lowest BCUT2D eigenvalue weighted by molar-refractivity contribution is 0.659. The van der Waals surface area contributed by atoms with Crippen LogP contribution < -0.4 is 0 Å². The molecule has 0 nitrogen and oxygen atoms in total. The molecule has 0 fully saturated rings. The summed E-state index contributed by atoms with van der Waals surface area (Å²) in [5.41, 5.74) is 36.4. The molecule has 15 rings (SSSR count). The van der Waals surface area contributed by atoms with E-state index in [0.29, 0.717) is 0 Å². The molecule has 78 heavy (non-hydrogen) atoms. The molecular weight excluding hydrogens is 937 g/mol. The lowest BCUT2D eigenvalue weighted by Crippen LogP contribution is -2.16. The summed E-state index contributed by atoms with van der Waals surface area (Å²) in [6, 6.07) is 88.0. The standard InChI is InChI=1S/C78H62/c1-75(2)67-22-16-15-21-58(67)59-37-29-55(45-73(59)75)57-31-23-49(47-17-11-9-12-18-47)39-66(57)56-30-38-65-64-36-28-54(44-72(64)78(7,8)74(65)46-56)53-27-35-63-62-34-26-52(42-70(62)77(5,6)71(63)43-53)51-25-33-61-60-32-24-50(48-19-13-10-14-20-48)40-68(60)76(3,4)69(61)41-51/h9-46H,1-8H3. The zero-order chi connectivity index (χ0) is 53.0. The molecule has 0 heterocycles. The highest BCUT2D eigenvalue weighted by molar-refractivity contribution is 5.94. The van der Waals surface area contributed by atoms with Crippen LogP contribution in [0.25, 0.3) is 111 Å². The van der Waals surface area contributed by atoms with Gasteiger partial charge in [-0.1, -0.05) is 237 Å². The molecule has 0 heteroatoms. The summed E-state index contributed by atoms with van der Waals surface area (Å²) < 4.78 is 0. The molecule has 0 aliphatic heterocycles. The van der Waals surface area contributed by atoms with E-state index >= 15 is 0 Å². The van der Waals surface area contributed by atoms with Crippen LogP contribution in [0.15, 0.2) is 231 Å². The van der Waals surface area contributed by atoms with Crippen LogP contribution in [0.5, 0.6) is 0 Å². The first kappa shape index (κ1) is 46.7. The number of fused-ring (bicyclic) bond motifs is 12. The van der Waals surface area contributed by atoms with E-state index in [9.17, 15) is 0 Å². The Balaban J connectivity index is 0.748. The van der Waals surface area contributed by atoms with Crippen molar-refractivity contribution in [3.63, 3.8) is 0 Å². The Morgan fingerprint density at radius 2 is 0.385 bits per heavy atom. The highest BCUT2D eigenvalue weighted by atomic mass is 14.4. The number of rotatable bonds is 6. The molecule has 0 N–H and O–H groups in total. The summed E-state index contributed by atoms with van der Waals surface area (Å²) in [5.74, 6) is 0. The van der Waals surface area contributed by atoms with Gasteiger partial charge in [-0.15, -0.1) is 0 Å². The third-order valence-electron chi connectivity index (χ3n) is 19.1. The minimum atomic E-state index is -0.208. The van der Waals surface area contributed by atoms with Gasteiger partial charge in [0.1, 0.15) is 0 Å². The Labute approximate surface area is 460 Å². The fourth-order valence-electron chi connectivity index (χ4n) is 14.6. The molecule has 0 unspecified atom stereocenters. The maximum atomic E-state index is 2.50. The fraction of sp³-hybridized carbons (Fsp3) is 0.154. The molecular formula is C78H62. The molecule has 0 radical (unpaired) electrons. The molecule has 4 aliphatic carbocycles. The van der Waals surface area contributed by atoms with E-state index in [1.54, 1.807) is 0 Å². The Morgan fingerprint density at radius 3 is 0.744 bits per heavy atom. The Kier molecular flexibility index (Phi) is 9.86. The monoisotopic (exact) mass is 998 g/mol. The van der Waals surface area contributed by atoms with Crippen molar-refractivity contribution >= 4 is 0 Å². The van der Waals surface area contributed by atoms with E-state index in [0.717, 1.165) is 0 Å². The fourth-order valence-corrected chi connectivity index (χ4v) is 14.6. The zero-order valence-electron chi connectivity index (χ0n) is 45.9. The summed E-state index contributed by atoms with van der Waals surface area (Å²) >= 11 is 0. The van der Waals surface area contributed by atoms with Crippen molar-refractivity contribution in [3.8, 4) is 111 Å². The van der Waals surface area contributed by atoms with Crippen molar-refractivity contribution in [1.29, 1.82) is 0 Å². The number of hydrogen-bond acceptors (Lipinski definition) is 0. The molecule has 0 saturated carbocycles. The summed E-state index contributed by atoms with van der Waals surface area (Å²) in [7, 11) is 0. The van der Waals surface area contributed by atoms with Gasteiger partial charge in [0, 0.05) is 21.7 Å². The third kappa shape index (κ3) is 6.72. The lowest BCUT2D eigenvalue weighted by atomic mass is 9.79. The topological polar surface area (TPSA) is 0 Å². The van der Waals surface area contributed by atoms with Gasteiger partial charge in [-0.3, -0.25) is 0 Å². The molecule has 11 aromatic carbocycles. The Bertz CT molecular complexity index is 4340. The van der Waals surface area contributed by atoms with Gasteiger partial charge in [0.15, 0.2) is 0 Å². The minimum absolute atomic E-state index is 0.0787. The van der Waals surface area contributed by atoms with Crippen LogP contribution in [0.2, 0.25) is 0 Å². The van der Waals surface area contributed by atoms with E-state index in [1.165, 1.54) is 156 Å². The largest absolute Gasteiger partial charge is 0.0622 e. The number of hydrogen-bond donors (Lipinski definition) is 0. The molecule has 0 amide bonds. The van der Waals surface area contributed by atoms with Crippen molar-refractivity contribution in [3.05, 3.63) is 275 Å². The van der Waals surface area contributed by atoms with E-state index < -0.39 is 0 Å². The summed E-state index contributed by atoms with van der Waals surface area (Å²) in [4.78, 5) is 0. The van der Waals surface area contributed by atoms with Crippen LogP contribution >= 0.6 is 0 Å². The van der Waals surface area contributed by atoms with Gasteiger partial charge in [-0.05, 0) is 204 Å². The third-order valence-corrected chi connectivity index (χ3v) is 19.1. The molecule has 0 spiro atoms. The Hall–Kier alpha value is -8.58. The first-order chi connectivity index (χ1) is 37.7. The first-order valence-electron chi connectivity index (χ1n) is 28.1. The average molecular weight is 999 g/mol. The molecule has 11 aromatic rings. The van der Waals surface area contributed by atoms with Crippen molar-refractivity contribution in [1.82, 2.24) is 0 Å². The second kappa shape index (κ2) is 16.5. The van der Waals surface area contributed by atoms with Crippen molar-refractivity contribution in [2.24, 2.45) is 0 Å². The van der Waals surface area contributed by atoms with Gasteiger partial charge in [0.05, 0.1) is 0 Å². The van der Waals surface area contributed by atoms with E-state index in [1.807, 2.05) is 0 Å². The molecule has 0 aromatic heterocycles. The highest BCUT2D eigenvalue weighted by Gasteiger charge is 2.40. The van der Waals surface area contributed by atoms with Gasteiger partial charge in [-0.25, -0.2) is 0 Å². The summed E-state index contributed by atoms with van der Waals surface area (Å²) in [5, 5.41) is 0. The maximum absolute atomic E-state index is 2.50. The van der Waals surface area contributed by atoms with E-state index in [-0.39, 0.29) is 21.7 Å². The van der Waals surface area contributed by atoms with Gasteiger partial charge in [-0.2, -0.15) is 0 Å². The first-order valence-corrected chi connectivity index (χ1v) is 28.1. The van der Waals surface area contributed by atoms with Crippen molar-refractivity contribution < 1.29 is 0 Å². The SMILES string of the molecule is CC1(C)c2cc(-c3ccccc3)ccc2-c2ccc(-c3ccc4c(c3)C(C)(C)c3cc(-c5ccc6c(c5)C(C)(C)c5cc(-c7cc(-c8ccccc8)ccc7-c7ccc8c(c7)C(C)(C)c7ccccc7-8)ccc5-6)ccc3-4)cc21. The van der Waals surface area contributed by atoms with Crippen LogP contribution in [0, 0.1) is 0 Å². The zero-order valence-corrected chi connectivity index (χ0v) is 45.9. The Morgan fingerprint density at radius 1 is 0.154 bits per heavy atom. The predicted molar refractivity (Wildman–Crippen MR) is 329 cm³/mol. The quantitative estimate of drug-likeness (QED) is 0.156. The molecule has 374 valence electrons. The minimum Gasteiger partial charge on any atom is -0.0622 e. The molecule has 0 atom stereocenters.